The fraction of sp³-hybridized carbons (Fsp3) is 0.250. The number of nitrogens with one attached hydrogen (secondary N) is 2. The first-order chi connectivity index (χ1) is 21.5. The van der Waals surface area contributed by atoms with Crippen LogP contribution in [0.4, 0.5) is 11.4 Å². The highest BCUT2D eigenvalue weighted by Gasteiger charge is 2.45. The van der Waals surface area contributed by atoms with E-state index in [2.05, 4.69) is 10.6 Å². The van der Waals surface area contributed by atoms with Gasteiger partial charge in [0, 0.05) is 11.4 Å². The van der Waals surface area contributed by atoms with Gasteiger partial charge < -0.3 is 29.6 Å². The van der Waals surface area contributed by atoms with Crippen molar-refractivity contribution in [3.05, 3.63) is 83.4 Å². The Morgan fingerprint density at radius 2 is 1.18 bits per heavy atom. The summed E-state index contributed by atoms with van der Waals surface area (Å²) in [5, 5.41) is 5.15. The molecule has 1 unspecified atom stereocenters. The SMILES string of the molecule is COc1ccc(NC(=O)COC(=O)c2ccc3c(c2)C(=O)N(C(C(=O)OCC(=O)Nc2ccc(OC)cc2)C(C)C)C3=O)cc1. The molecule has 0 saturated heterocycles. The van der Waals surface area contributed by atoms with Crippen LogP contribution in [0.25, 0.3) is 0 Å². The van der Waals surface area contributed by atoms with Crippen molar-refractivity contribution in [2.24, 2.45) is 5.92 Å². The van der Waals surface area contributed by atoms with Gasteiger partial charge in [-0.15, -0.1) is 0 Å². The van der Waals surface area contributed by atoms with Gasteiger partial charge in [-0.25, -0.2) is 9.59 Å². The zero-order chi connectivity index (χ0) is 32.7. The number of fused-ring (bicyclic) bond motifs is 1. The van der Waals surface area contributed by atoms with Gasteiger partial charge in [-0.3, -0.25) is 24.1 Å². The van der Waals surface area contributed by atoms with E-state index < -0.39 is 60.7 Å². The monoisotopic (exact) mass is 617 g/mol. The van der Waals surface area contributed by atoms with E-state index in [0.717, 1.165) is 4.90 Å². The molecule has 4 rings (SSSR count). The molecule has 0 aromatic heterocycles. The summed E-state index contributed by atoms with van der Waals surface area (Å²) < 4.78 is 20.4. The number of benzene rings is 3. The number of hydrogen-bond acceptors (Lipinski definition) is 10. The number of hydrogen-bond donors (Lipinski definition) is 2. The zero-order valence-electron chi connectivity index (χ0n) is 24.9. The van der Waals surface area contributed by atoms with Gasteiger partial charge in [0.05, 0.1) is 30.9 Å². The second-order valence-electron chi connectivity index (χ2n) is 10.2. The first-order valence-electron chi connectivity index (χ1n) is 13.8. The summed E-state index contributed by atoms with van der Waals surface area (Å²) in [7, 11) is 3.02. The van der Waals surface area contributed by atoms with Gasteiger partial charge in [0.15, 0.2) is 13.2 Å². The van der Waals surface area contributed by atoms with E-state index in [9.17, 15) is 28.8 Å². The molecule has 0 bridgehead atoms. The lowest BCUT2D eigenvalue weighted by molar-refractivity contribution is -0.152. The van der Waals surface area contributed by atoms with Gasteiger partial charge in [-0.2, -0.15) is 0 Å². The first kappa shape index (κ1) is 32.2. The number of anilines is 2. The molecule has 234 valence electrons. The van der Waals surface area contributed by atoms with Crippen LogP contribution in [-0.2, 0) is 23.9 Å². The van der Waals surface area contributed by atoms with E-state index in [-0.39, 0.29) is 16.7 Å². The lowest BCUT2D eigenvalue weighted by Gasteiger charge is -2.27. The molecule has 1 aliphatic rings. The summed E-state index contributed by atoms with van der Waals surface area (Å²) in [6, 6.07) is 15.4. The molecular formula is C32H31N3O10. The molecule has 13 heteroatoms. The second-order valence-corrected chi connectivity index (χ2v) is 10.2. The minimum Gasteiger partial charge on any atom is -0.497 e. The average Bonchev–Trinajstić information content (AvgIpc) is 3.28. The van der Waals surface area contributed by atoms with Crippen molar-refractivity contribution in [2.75, 3.05) is 38.1 Å². The van der Waals surface area contributed by atoms with Crippen molar-refractivity contribution in [1.82, 2.24) is 4.90 Å². The molecule has 1 aliphatic heterocycles. The quantitative estimate of drug-likeness (QED) is 0.227. The molecule has 3 aromatic rings. The van der Waals surface area contributed by atoms with Gasteiger partial charge in [-0.05, 0) is 72.6 Å². The lowest BCUT2D eigenvalue weighted by Crippen LogP contribution is -2.49. The van der Waals surface area contributed by atoms with E-state index in [4.69, 9.17) is 18.9 Å². The van der Waals surface area contributed by atoms with E-state index in [1.165, 1.54) is 32.4 Å². The zero-order valence-corrected chi connectivity index (χ0v) is 24.9. The summed E-state index contributed by atoms with van der Waals surface area (Å²) in [5.41, 5.74) is 0.699. The Labute approximate surface area is 258 Å². The van der Waals surface area contributed by atoms with Crippen molar-refractivity contribution in [2.45, 2.75) is 19.9 Å². The number of carbonyl (C=O) groups is 6. The fourth-order valence-corrected chi connectivity index (χ4v) is 4.49. The Morgan fingerprint density at radius 3 is 1.67 bits per heavy atom. The minimum atomic E-state index is -1.34. The van der Waals surface area contributed by atoms with Gasteiger partial charge in [0.25, 0.3) is 23.6 Å². The van der Waals surface area contributed by atoms with E-state index in [1.807, 2.05) is 0 Å². The van der Waals surface area contributed by atoms with Crippen LogP contribution in [-0.4, -0.2) is 73.9 Å². The van der Waals surface area contributed by atoms with Crippen LogP contribution in [0.5, 0.6) is 11.5 Å². The smallest absolute Gasteiger partial charge is 0.338 e. The number of methoxy groups -OCH3 is 2. The van der Waals surface area contributed by atoms with Crippen LogP contribution < -0.4 is 20.1 Å². The number of esters is 2. The van der Waals surface area contributed by atoms with Crippen molar-refractivity contribution < 1.29 is 47.7 Å². The third-order valence-electron chi connectivity index (χ3n) is 6.73. The maximum Gasteiger partial charge on any atom is 0.338 e. The normalized spacial score (nSPS) is 12.7. The molecular weight excluding hydrogens is 586 g/mol. The van der Waals surface area contributed by atoms with Crippen LogP contribution >= 0.6 is 0 Å². The van der Waals surface area contributed by atoms with Gasteiger partial charge in [-0.1, -0.05) is 13.8 Å². The first-order valence-corrected chi connectivity index (χ1v) is 13.8. The highest BCUT2D eigenvalue weighted by Crippen LogP contribution is 2.29. The molecule has 4 amide bonds. The molecule has 0 radical (unpaired) electrons. The van der Waals surface area contributed by atoms with Crippen LogP contribution in [0.15, 0.2) is 66.7 Å². The van der Waals surface area contributed by atoms with Gasteiger partial charge in [0.2, 0.25) is 0 Å². The van der Waals surface area contributed by atoms with Crippen LogP contribution in [0.3, 0.4) is 0 Å². The number of imide groups is 1. The number of carbonyl (C=O) groups excluding carboxylic acids is 6. The summed E-state index contributed by atoms with van der Waals surface area (Å²) in [6.07, 6.45) is 0. The van der Waals surface area contributed by atoms with Crippen LogP contribution in [0.1, 0.15) is 44.9 Å². The topological polar surface area (TPSA) is 167 Å². The maximum absolute atomic E-state index is 13.4. The van der Waals surface area contributed by atoms with Crippen LogP contribution in [0.2, 0.25) is 0 Å². The number of nitrogens with zero attached hydrogens (tertiary/aromatic N) is 1. The van der Waals surface area contributed by atoms with Crippen molar-refractivity contribution in [1.29, 1.82) is 0 Å². The summed E-state index contributed by atoms with van der Waals surface area (Å²) in [4.78, 5) is 77.7. The number of ether oxygens (including phenoxy) is 4. The van der Waals surface area contributed by atoms with E-state index in [0.29, 0.717) is 22.9 Å². The molecule has 45 heavy (non-hydrogen) atoms. The summed E-state index contributed by atoms with van der Waals surface area (Å²) >= 11 is 0. The molecule has 2 N–H and O–H groups in total. The molecule has 0 aliphatic carbocycles. The molecule has 3 aromatic carbocycles. The third kappa shape index (κ3) is 7.63. The highest BCUT2D eigenvalue weighted by atomic mass is 16.5. The Hall–Kier alpha value is -5.72. The van der Waals surface area contributed by atoms with Gasteiger partial charge in [0.1, 0.15) is 17.5 Å². The van der Waals surface area contributed by atoms with Crippen molar-refractivity contribution >= 4 is 46.9 Å². The maximum atomic E-state index is 13.4. The Kier molecular flexibility index (Phi) is 10.1. The molecule has 0 saturated carbocycles. The number of rotatable bonds is 12. The third-order valence-corrected chi connectivity index (χ3v) is 6.73. The van der Waals surface area contributed by atoms with E-state index in [1.54, 1.807) is 62.4 Å². The average molecular weight is 618 g/mol. The Morgan fingerprint density at radius 1 is 0.689 bits per heavy atom. The largest absolute Gasteiger partial charge is 0.497 e. The Bertz CT molecular complexity index is 1620. The lowest BCUT2D eigenvalue weighted by atomic mass is 10.0. The fourth-order valence-electron chi connectivity index (χ4n) is 4.49. The predicted octanol–water partition coefficient (Wildman–Crippen LogP) is 3.30. The van der Waals surface area contributed by atoms with Gasteiger partial charge >= 0.3 is 11.9 Å². The van der Waals surface area contributed by atoms with Crippen LogP contribution in [0, 0.1) is 5.92 Å². The molecule has 0 spiro atoms. The predicted molar refractivity (Wildman–Crippen MR) is 160 cm³/mol. The Balaban J connectivity index is 1.37. The summed E-state index contributed by atoms with van der Waals surface area (Å²) in [6.45, 7) is 1.98. The molecule has 1 heterocycles. The summed E-state index contributed by atoms with van der Waals surface area (Å²) in [5.74, 6) is -4.02. The number of amides is 4. The second kappa shape index (κ2) is 14.2. The molecule has 1 atom stereocenters. The molecule has 0 fully saturated rings. The van der Waals surface area contributed by atoms with Crippen molar-refractivity contribution in [3.63, 3.8) is 0 Å². The van der Waals surface area contributed by atoms with Crippen molar-refractivity contribution in [3.8, 4) is 11.5 Å². The highest BCUT2D eigenvalue weighted by molar-refractivity contribution is 6.23. The van der Waals surface area contributed by atoms with E-state index >= 15 is 0 Å². The minimum absolute atomic E-state index is 0.0236. The standard InChI is InChI=1S/C32H31N3O10/c1-18(2)28(32(41)45-17-27(37)34-21-8-12-23(43-4)13-9-21)35-29(38)24-14-5-19(15-25(24)30(35)39)31(40)44-16-26(36)33-20-6-10-22(42-3)11-7-20/h5-15,18,28H,16-17H2,1-4H3,(H,33,36)(H,34,37). The molecule has 13 nitrogen and oxygen atoms in total.